The first-order chi connectivity index (χ1) is 17.2. The van der Waals surface area contributed by atoms with Gasteiger partial charge in [-0.25, -0.2) is 4.79 Å². The van der Waals surface area contributed by atoms with E-state index < -0.39 is 47.9 Å². The van der Waals surface area contributed by atoms with Crippen molar-refractivity contribution in [2.24, 2.45) is 0 Å². The predicted molar refractivity (Wildman–Crippen MR) is 122 cm³/mol. The van der Waals surface area contributed by atoms with Crippen LogP contribution >= 0.6 is 0 Å². The van der Waals surface area contributed by atoms with Crippen LogP contribution in [0.25, 0.3) is 22.3 Å². The van der Waals surface area contributed by atoms with E-state index in [1.54, 1.807) is 24.3 Å². The average Bonchev–Trinajstić information content (AvgIpc) is 2.88. The van der Waals surface area contributed by atoms with E-state index in [4.69, 9.17) is 23.4 Å². The molecule has 2 heterocycles. The summed E-state index contributed by atoms with van der Waals surface area (Å²) in [5.41, 5.74) is -0.101. The van der Waals surface area contributed by atoms with Crippen LogP contribution < -0.4 is 19.6 Å². The zero-order chi connectivity index (χ0) is 26.1. The number of aromatic hydroxyl groups is 1. The van der Waals surface area contributed by atoms with Gasteiger partial charge in [0.2, 0.25) is 12.0 Å². The maximum Gasteiger partial charge on any atom is 0.337 e. The lowest BCUT2D eigenvalue weighted by atomic mass is 9.99. The van der Waals surface area contributed by atoms with Crippen molar-refractivity contribution in [3.05, 3.63) is 46.6 Å². The van der Waals surface area contributed by atoms with Gasteiger partial charge < -0.3 is 48.5 Å². The van der Waals surface area contributed by atoms with Crippen LogP contribution in [0, 0.1) is 0 Å². The van der Waals surface area contributed by atoms with Gasteiger partial charge in [0.05, 0.1) is 21.3 Å². The summed E-state index contributed by atoms with van der Waals surface area (Å²) in [6.07, 6.45) is -8.79. The summed E-state index contributed by atoms with van der Waals surface area (Å²) in [6, 6.07) is 9.14. The third-order valence-corrected chi connectivity index (χ3v) is 5.74. The number of methoxy groups -OCH3 is 3. The first-order valence-corrected chi connectivity index (χ1v) is 10.7. The predicted octanol–water partition coefficient (Wildman–Crippen LogP) is 0.542. The average molecular weight is 504 g/mol. The summed E-state index contributed by atoms with van der Waals surface area (Å²) < 4.78 is 31.7. The number of hydrogen-bond acceptors (Lipinski definition) is 12. The molecule has 5 atom stereocenters. The van der Waals surface area contributed by atoms with E-state index in [9.17, 15) is 30.0 Å². The van der Waals surface area contributed by atoms with Crippen molar-refractivity contribution >= 4 is 16.9 Å². The van der Waals surface area contributed by atoms with Gasteiger partial charge in [0.15, 0.2) is 23.0 Å². The number of ether oxygens (including phenoxy) is 5. The number of benzene rings is 2. The molecule has 12 nitrogen and oxygen atoms in total. The SMILES string of the molecule is COC(=O)C1O[C@@H](Oc2cc3oc(-c4ccc(OC)cc4)cc(=O)c3c(O)c2OC)C(O)C(O)[C@@H]1O. The monoisotopic (exact) mass is 504 g/mol. The molecule has 0 spiro atoms. The smallest absolute Gasteiger partial charge is 0.337 e. The summed E-state index contributed by atoms with van der Waals surface area (Å²) in [6.45, 7) is 0. The van der Waals surface area contributed by atoms with Crippen molar-refractivity contribution in [2.45, 2.75) is 30.7 Å². The number of aliphatic hydroxyl groups is 3. The van der Waals surface area contributed by atoms with Crippen LogP contribution in [0.4, 0.5) is 0 Å². The highest BCUT2D eigenvalue weighted by Gasteiger charge is 2.48. The molecule has 4 N–H and O–H groups in total. The molecule has 0 amide bonds. The molecule has 3 unspecified atom stereocenters. The summed E-state index contributed by atoms with van der Waals surface area (Å²) in [4.78, 5) is 24.8. The number of esters is 1. The second kappa shape index (κ2) is 10.0. The molecular formula is C24H24O12. The first-order valence-electron chi connectivity index (χ1n) is 10.7. The molecule has 1 aliphatic heterocycles. The molecule has 0 saturated carbocycles. The van der Waals surface area contributed by atoms with E-state index in [0.717, 1.165) is 7.11 Å². The quantitative estimate of drug-likeness (QED) is 0.344. The lowest BCUT2D eigenvalue weighted by Gasteiger charge is -2.38. The number of phenolic OH excluding ortho intramolecular Hbond substituents is 1. The molecule has 4 rings (SSSR count). The molecule has 1 aromatic heterocycles. The van der Waals surface area contributed by atoms with Crippen LogP contribution in [0.1, 0.15) is 0 Å². The molecule has 0 aliphatic carbocycles. The zero-order valence-electron chi connectivity index (χ0n) is 19.4. The fourth-order valence-corrected chi connectivity index (χ4v) is 3.83. The summed E-state index contributed by atoms with van der Waals surface area (Å²) in [5.74, 6) is -1.36. The Morgan fingerprint density at radius 3 is 2.25 bits per heavy atom. The van der Waals surface area contributed by atoms with E-state index >= 15 is 0 Å². The number of phenols is 1. The van der Waals surface area contributed by atoms with E-state index in [-0.39, 0.29) is 28.2 Å². The van der Waals surface area contributed by atoms with Crippen molar-refractivity contribution in [3.63, 3.8) is 0 Å². The third kappa shape index (κ3) is 4.42. The Balaban J connectivity index is 1.77. The van der Waals surface area contributed by atoms with Crippen LogP contribution in [-0.2, 0) is 14.3 Å². The van der Waals surface area contributed by atoms with E-state index in [0.29, 0.717) is 11.3 Å². The standard InChI is InChI=1S/C24H24O12/c1-31-11-6-4-10(5-7-11)13-8-12(25)16-14(34-13)9-15(21(32-2)17(16)26)35-24-20(29)18(27)19(28)22(36-24)23(30)33-3/h4-9,18-20,22,24,26-29H,1-3H3/t18?,19-,20?,22?,24+/m0/s1. The zero-order valence-corrected chi connectivity index (χ0v) is 19.4. The summed E-state index contributed by atoms with van der Waals surface area (Å²) in [5, 5.41) is 41.2. The Morgan fingerprint density at radius 1 is 0.944 bits per heavy atom. The number of fused-ring (bicyclic) bond motifs is 1. The first kappa shape index (κ1) is 25.3. The van der Waals surface area contributed by atoms with Gasteiger partial charge in [-0.15, -0.1) is 0 Å². The second-order valence-corrected chi connectivity index (χ2v) is 7.87. The maximum absolute atomic E-state index is 12.9. The van der Waals surface area contributed by atoms with Gasteiger partial charge in [0, 0.05) is 17.7 Å². The maximum atomic E-state index is 12.9. The lowest BCUT2D eigenvalue weighted by molar-refractivity contribution is -0.272. The van der Waals surface area contributed by atoms with Crippen LogP contribution in [0.5, 0.6) is 23.0 Å². The van der Waals surface area contributed by atoms with Crippen LogP contribution in [-0.4, -0.2) is 78.4 Å². The van der Waals surface area contributed by atoms with Crippen molar-refractivity contribution in [2.75, 3.05) is 21.3 Å². The molecule has 1 fully saturated rings. The van der Waals surface area contributed by atoms with Gasteiger partial charge in [0.25, 0.3) is 0 Å². The number of carbonyl (C=O) groups is 1. The molecule has 1 aliphatic rings. The van der Waals surface area contributed by atoms with Crippen molar-refractivity contribution in [1.82, 2.24) is 0 Å². The topological polar surface area (TPSA) is 174 Å². The number of hydrogen-bond donors (Lipinski definition) is 4. The summed E-state index contributed by atoms with van der Waals surface area (Å²) >= 11 is 0. The highest BCUT2D eigenvalue weighted by molar-refractivity contribution is 5.89. The van der Waals surface area contributed by atoms with Gasteiger partial charge >= 0.3 is 5.97 Å². The normalized spacial score (nSPS) is 23.8. The minimum absolute atomic E-state index is 0.0861. The molecule has 192 valence electrons. The Bertz CT molecular complexity index is 1320. The molecular weight excluding hydrogens is 480 g/mol. The minimum Gasteiger partial charge on any atom is -0.504 e. The Kier molecular flexibility index (Phi) is 7.04. The molecule has 0 radical (unpaired) electrons. The fourth-order valence-electron chi connectivity index (χ4n) is 3.83. The van der Waals surface area contributed by atoms with Gasteiger partial charge in [-0.2, -0.15) is 0 Å². The van der Waals surface area contributed by atoms with E-state index in [1.165, 1.54) is 26.4 Å². The van der Waals surface area contributed by atoms with Gasteiger partial charge in [-0.1, -0.05) is 0 Å². The molecule has 1 saturated heterocycles. The van der Waals surface area contributed by atoms with Crippen LogP contribution in [0.15, 0.2) is 45.6 Å². The molecule has 0 bridgehead atoms. The molecule has 2 aromatic carbocycles. The third-order valence-electron chi connectivity index (χ3n) is 5.74. The van der Waals surface area contributed by atoms with Crippen LogP contribution in [0.2, 0.25) is 0 Å². The fraction of sp³-hybridized carbons (Fsp3) is 0.333. The number of carbonyl (C=O) groups excluding carboxylic acids is 1. The van der Waals surface area contributed by atoms with Crippen molar-refractivity contribution < 1.29 is 53.3 Å². The highest BCUT2D eigenvalue weighted by atomic mass is 16.7. The molecule has 36 heavy (non-hydrogen) atoms. The van der Waals surface area contributed by atoms with Gasteiger partial charge in [0.1, 0.15) is 40.8 Å². The Morgan fingerprint density at radius 2 is 1.64 bits per heavy atom. The lowest BCUT2D eigenvalue weighted by Crippen LogP contribution is -2.61. The Labute approximate surface area is 203 Å². The Hall–Kier alpha value is -3.84. The molecule has 12 heteroatoms. The largest absolute Gasteiger partial charge is 0.504 e. The second-order valence-electron chi connectivity index (χ2n) is 7.87. The van der Waals surface area contributed by atoms with Crippen molar-refractivity contribution in [3.8, 4) is 34.3 Å². The minimum atomic E-state index is -1.83. The number of rotatable bonds is 6. The van der Waals surface area contributed by atoms with Crippen LogP contribution in [0.3, 0.4) is 0 Å². The summed E-state index contributed by atoms with van der Waals surface area (Å²) in [7, 11) is 3.77. The van der Waals surface area contributed by atoms with Gasteiger partial charge in [-0.05, 0) is 24.3 Å². The number of aliphatic hydroxyl groups excluding tert-OH is 3. The van der Waals surface area contributed by atoms with Gasteiger partial charge in [-0.3, -0.25) is 4.79 Å². The van der Waals surface area contributed by atoms with Crippen molar-refractivity contribution in [1.29, 1.82) is 0 Å². The molecule has 3 aromatic rings. The van der Waals surface area contributed by atoms with E-state index in [1.807, 2.05) is 0 Å². The van der Waals surface area contributed by atoms with E-state index in [2.05, 4.69) is 4.74 Å². The highest BCUT2D eigenvalue weighted by Crippen LogP contribution is 2.43.